The minimum Gasteiger partial charge on any atom is -0.389 e. The van der Waals surface area contributed by atoms with E-state index < -0.39 is 23.3 Å². The number of nitrogens with two attached hydrogens (primary N) is 1. The van der Waals surface area contributed by atoms with Gasteiger partial charge in [0.05, 0.1) is 15.8 Å². The van der Waals surface area contributed by atoms with Crippen LogP contribution in [0.1, 0.15) is 5.56 Å². The molecule has 110 valence electrons. The van der Waals surface area contributed by atoms with E-state index in [2.05, 4.69) is 33.5 Å². The third-order valence-corrected chi connectivity index (χ3v) is 3.45. The topological polar surface area (TPSA) is 38.0 Å². The second-order valence-electron chi connectivity index (χ2n) is 4.02. The van der Waals surface area contributed by atoms with Crippen LogP contribution in [-0.4, -0.2) is 4.99 Å². The van der Waals surface area contributed by atoms with Crippen LogP contribution in [0.15, 0.2) is 28.7 Å². The van der Waals surface area contributed by atoms with Crippen molar-refractivity contribution in [3.8, 4) is 0 Å². The third kappa shape index (κ3) is 3.16. The van der Waals surface area contributed by atoms with Crippen molar-refractivity contribution in [3.05, 3.63) is 57.6 Å². The Morgan fingerprint density at radius 1 is 1.00 bits per heavy atom. The lowest BCUT2D eigenvalue weighted by Crippen LogP contribution is -2.13. The minimum absolute atomic E-state index is 0.0824. The molecule has 0 fully saturated rings. The lowest BCUT2D eigenvalue weighted by Gasteiger charge is -2.11. The normalized spacial score (nSPS) is 10.5. The van der Waals surface area contributed by atoms with Crippen molar-refractivity contribution in [2.45, 2.75) is 0 Å². The van der Waals surface area contributed by atoms with Gasteiger partial charge in [-0.1, -0.05) is 12.2 Å². The molecule has 0 aliphatic rings. The predicted molar refractivity (Wildman–Crippen MR) is 79.6 cm³/mol. The van der Waals surface area contributed by atoms with Gasteiger partial charge < -0.3 is 11.1 Å². The lowest BCUT2D eigenvalue weighted by atomic mass is 10.1. The molecule has 0 saturated carbocycles. The molecule has 0 bridgehead atoms. The number of halogens is 5. The molecule has 0 amide bonds. The van der Waals surface area contributed by atoms with Crippen molar-refractivity contribution in [3.63, 3.8) is 0 Å². The Kier molecular flexibility index (Phi) is 4.48. The Morgan fingerprint density at radius 2 is 1.67 bits per heavy atom. The molecule has 0 aliphatic heterocycles. The van der Waals surface area contributed by atoms with Crippen molar-refractivity contribution in [2.75, 3.05) is 5.32 Å². The van der Waals surface area contributed by atoms with Crippen LogP contribution in [0.25, 0.3) is 0 Å². The lowest BCUT2D eigenvalue weighted by molar-refractivity contribution is 0.510. The molecule has 2 aromatic carbocycles. The molecule has 0 unspecified atom stereocenters. The summed E-state index contributed by atoms with van der Waals surface area (Å²) in [6.45, 7) is 0. The molecule has 0 spiro atoms. The molecular weight excluding hydrogens is 372 g/mol. The van der Waals surface area contributed by atoms with E-state index >= 15 is 0 Å². The van der Waals surface area contributed by atoms with Crippen LogP contribution in [0.4, 0.5) is 28.9 Å². The van der Waals surface area contributed by atoms with Crippen molar-refractivity contribution in [1.29, 1.82) is 0 Å². The summed E-state index contributed by atoms with van der Waals surface area (Å²) in [6.07, 6.45) is 0. The Labute approximate surface area is 131 Å². The van der Waals surface area contributed by atoms with E-state index in [1.807, 2.05) is 0 Å². The highest BCUT2D eigenvalue weighted by Gasteiger charge is 2.17. The molecule has 2 nitrogen and oxygen atoms in total. The highest BCUT2D eigenvalue weighted by atomic mass is 79.9. The number of anilines is 2. The molecule has 0 saturated heterocycles. The van der Waals surface area contributed by atoms with E-state index in [9.17, 15) is 17.6 Å². The van der Waals surface area contributed by atoms with Crippen molar-refractivity contribution >= 4 is 44.5 Å². The zero-order valence-electron chi connectivity index (χ0n) is 10.2. The predicted octanol–water partition coefficient (Wildman–Crippen LogP) is 4.38. The standard InChI is InChI=1S/C13H7BrF4N2S/c14-6-3-8(16)10(4-7(6)15)20-9-2-1-5(13(19)21)11(17)12(9)18/h1-4,20H,(H2,19,21). The first kappa shape index (κ1) is 15.7. The highest BCUT2D eigenvalue weighted by molar-refractivity contribution is 9.10. The first-order chi connectivity index (χ1) is 9.81. The quantitative estimate of drug-likeness (QED) is 0.472. The maximum Gasteiger partial charge on any atom is 0.182 e. The van der Waals surface area contributed by atoms with Crippen LogP contribution >= 0.6 is 28.1 Å². The maximum atomic E-state index is 13.8. The van der Waals surface area contributed by atoms with Crippen LogP contribution in [0, 0.1) is 23.3 Å². The first-order valence-electron chi connectivity index (χ1n) is 5.50. The summed E-state index contributed by atoms with van der Waals surface area (Å²) in [7, 11) is 0. The van der Waals surface area contributed by atoms with Gasteiger partial charge in [-0.3, -0.25) is 0 Å². The number of benzene rings is 2. The van der Waals surface area contributed by atoms with Gasteiger partial charge in [0, 0.05) is 11.6 Å². The number of rotatable bonds is 3. The van der Waals surface area contributed by atoms with Crippen LogP contribution in [0.2, 0.25) is 0 Å². The summed E-state index contributed by atoms with van der Waals surface area (Å²) in [4.78, 5) is -0.307. The second kappa shape index (κ2) is 5.98. The minimum atomic E-state index is -1.29. The molecule has 2 aromatic rings. The smallest absolute Gasteiger partial charge is 0.182 e. The van der Waals surface area contributed by atoms with Gasteiger partial charge in [-0.15, -0.1) is 0 Å². The van der Waals surface area contributed by atoms with E-state index in [4.69, 9.17) is 5.73 Å². The van der Waals surface area contributed by atoms with Gasteiger partial charge in [-0.2, -0.15) is 0 Å². The number of nitrogens with one attached hydrogen (secondary N) is 1. The van der Waals surface area contributed by atoms with Gasteiger partial charge in [0.15, 0.2) is 11.6 Å². The van der Waals surface area contributed by atoms with E-state index in [0.717, 1.165) is 24.3 Å². The zero-order chi connectivity index (χ0) is 15.7. The van der Waals surface area contributed by atoms with E-state index in [-0.39, 0.29) is 26.4 Å². The summed E-state index contributed by atoms with van der Waals surface area (Å²) >= 11 is 7.38. The molecule has 21 heavy (non-hydrogen) atoms. The van der Waals surface area contributed by atoms with E-state index in [1.54, 1.807) is 0 Å². The Morgan fingerprint density at radius 3 is 2.29 bits per heavy atom. The monoisotopic (exact) mass is 378 g/mol. The van der Waals surface area contributed by atoms with Gasteiger partial charge >= 0.3 is 0 Å². The molecule has 0 aliphatic carbocycles. The van der Waals surface area contributed by atoms with Gasteiger partial charge in [-0.05, 0) is 34.1 Å². The Balaban J connectivity index is 2.43. The van der Waals surface area contributed by atoms with Crippen LogP contribution in [0.5, 0.6) is 0 Å². The summed E-state index contributed by atoms with van der Waals surface area (Å²) < 4.78 is 54.5. The molecule has 0 heterocycles. The molecular formula is C13H7BrF4N2S. The maximum absolute atomic E-state index is 13.8. The average molecular weight is 379 g/mol. The number of hydrogen-bond donors (Lipinski definition) is 2. The van der Waals surface area contributed by atoms with Crippen molar-refractivity contribution in [2.24, 2.45) is 5.73 Å². The fourth-order valence-corrected chi connectivity index (χ4v) is 2.07. The van der Waals surface area contributed by atoms with Gasteiger partial charge in [-0.25, -0.2) is 17.6 Å². The SMILES string of the molecule is NC(=S)c1ccc(Nc2cc(F)c(Br)cc2F)c(F)c1F. The van der Waals surface area contributed by atoms with Gasteiger partial charge in [0.2, 0.25) is 0 Å². The average Bonchev–Trinajstić information content (AvgIpc) is 2.40. The summed E-state index contributed by atoms with van der Waals surface area (Å²) in [5.41, 5.74) is 4.26. The molecule has 0 atom stereocenters. The highest BCUT2D eigenvalue weighted by Crippen LogP contribution is 2.28. The second-order valence-corrected chi connectivity index (χ2v) is 5.32. The molecule has 3 N–H and O–H groups in total. The molecule has 0 radical (unpaired) electrons. The Bertz CT molecular complexity index is 737. The largest absolute Gasteiger partial charge is 0.389 e. The Hall–Kier alpha value is -1.67. The van der Waals surface area contributed by atoms with Gasteiger partial charge in [0.25, 0.3) is 0 Å². The molecule has 8 heteroatoms. The van der Waals surface area contributed by atoms with Crippen LogP contribution in [-0.2, 0) is 0 Å². The summed E-state index contributed by atoms with van der Waals surface area (Å²) in [5, 5.41) is 2.28. The molecule has 2 rings (SSSR count). The van der Waals surface area contributed by atoms with E-state index in [0.29, 0.717) is 0 Å². The van der Waals surface area contributed by atoms with E-state index in [1.165, 1.54) is 0 Å². The summed E-state index contributed by atoms with van der Waals surface area (Å²) in [6, 6.07) is 3.97. The fraction of sp³-hybridized carbons (Fsp3) is 0. The van der Waals surface area contributed by atoms with Crippen molar-refractivity contribution in [1.82, 2.24) is 0 Å². The zero-order valence-corrected chi connectivity index (χ0v) is 12.6. The fourth-order valence-electron chi connectivity index (χ4n) is 1.60. The number of hydrogen-bond acceptors (Lipinski definition) is 2. The number of thiocarbonyl (C=S) groups is 1. The molecule has 0 aromatic heterocycles. The van der Waals surface area contributed by atoms with Crippen molar-refractivity contribution < 1.29 is 17.6 Å². The van der Waals surface area contributed by atoms with Gasteiger partial charge in [0.1, 0.15) is 16.6 Å². The van der Waals surface area contributed by atoms with Crippen LogP contribution in [0.3, 0.4) is 0 Å². The van der Waals surface area contributed by atoms with Crippen LogP contribution < -0.4 is 11.1 Å². The first-order valence-corrected chi connectivity index (χ1v) is 6.70. The third-order valence-electron chi connectivity index (χ3n) is 2.63. The summed E-state index contributed by atoms with van der Waals surface area (Å²) in [5.74, 6) is -4.13.